The van der Waals surface area contributed by atoms with Gasteiger partial charge in [-0.15, -0.1) is 0 Å². The Bertz CT molecular complexity index is 445. The Morgan fingerprint density at radius 2 is 2.27 bits per heavy atom. The number of hydrogen-bond donors (Lipinski definition) is 1. The molecule has 0 aliphatic carbocycles. The standard InChI is InChI=1S/C10H7ClFN2S/c11-8-3-1-2-6(9(8)12)4-7-5-13-10(15)14-7/h1-3,5H,4H2,(H,13,15). The predicted octanol–water partition coefficient (Wildman–Crippen LogP) is 2.36. The normalized spacial score (nSPS) is 14.5. The van der Waals surface area contributed by atoms with Crippen molar-refractivity contribution in [2.75, 3.05) is 0 Å². The lowest BCUT2D eigenvalue weighted by Gasteiger charge is -2.03. The number of rotatable bonds is 2. The molecule has 0 atom stereocenters. The van der Waals surface area contributed by atoms with Crippen molar-refractivity contribution in [3.8, 4) is 0 Å². The van der Waals surface area contributed by atoms with Crippen LogP contribution in [0.15, 0.2) is 30.1 Å². The molecule has 77 valence electrons. The molecule has 1 N–H and O–H groups in total. The van der Waals surface area contributed by atoms with Crippen molar-refractivity contribution < 1.29 is 4.39 Å². The summed E-state index contributed by atoms with van der Waals surface area (Å²) in [6.07, 6.45) is 2.06. The zero-order chi connectivity index (χ0) is 10.8. The van der Waals surface area contributed by atoms with E-state index in [0.717, 1.165) is 0 Å². The maximum atomic E-state index is 13.5. The van der Waals surface area contributed by atoms with Gasteiger partial charge in [0.25, 0.3) is 0 Å². The molecule has 0 amide bonds. The molecule has 0 saturated heterocycles. The molecule has 2 rings (SSSR count). The van der Waals surface area contributed by atoms with Crippen molar-refractivity contribution in [1.29, 1.82) is 0 Å². The van der Waals surface area contributed by atoms with Crippen LogP contribution in [-0.4, -0.2) is 5.11 Å². The average Bonchev–Trinajstić information content (AvgIpc) is 2.59. The molecule has 0 aromatic heterocycles. The van der Waals surface area contributed by atoms with E-state index in [9.17, 15) is 4.39 Å². The van der Waals surface area contributed by atoms with Crippen molar-refractivity contribution in [1.82, 2.24) is 10.6 Å². The summed E-state index contributed by atoms with van der Waals surface area (Å²) in [6.45, 7) is 0. The smallest absolute Gasteiger partial charge is 0.197 e. The first-order valence-electron chi connectivity index (χ1n) is 4.31. The van der Waals surface area contributed by atoms with Gasteiger partial charge in [-0.1, -0.05) is 23.7 Å². The van der Waals surface area contributed by atoms with E-state index in [4.69, 9.17) is 23.8 Å². The van der Waals surface area contributed by atoms with Gasteiger partial charge in [-0.25, -0.2) is 9.71 Å². The lowest BCUT2D eigenvalue weighted by Crippen LogP contribution is -2.16. The third-order valence-corrected chi connectivity index (χ3v) is 2.51. The molecular formula is C10H7ClFN2S. The van der Waals surface area contributed by atoms with Gasteiger partial charge in [0.1, 0.15) is 5.82 Å². The van der Waals surface area contributed by atoms with E-state index in [1.54, 1.807) is 18.3 Å². The number of allylic oxidation sites excluding steroid dienone is 1. The highest BCUT2D eigenvalue weighted by atomic mass is 35.5. The minimum absolute atomic E-state index is 0.127. The first-order valence-corrected chi connectivity index (χ1v) is 5.09. The van der Waals surface area contributed by atoms with Gasteiger partial charge in [0, 0.05) is 12.6 Å². The summed E-state index contributed by atoms with van der Waals surface area (Å²) in [4.78, 5) is 0. The summed E-state index contributed by atoms with van der Waals surface area (Å²) in [6, 6.07) is 4.91. The molecule has 1 heterocycles. The van der Waals surface area contributed by atoms with Crippen molar-refractivity contribution in [2.24, 2.45) is 0 Å². The van der Waals surface area contributed by atoms with Crippen molar-refractivity contribution >= 4 is 28.9 Å². The van der Waals surface area contributed by atoms with E-state index < -0.39 is 5.82 Å². The summed E-state index contributed by atoms with van der Waals surface area (Å²) in [5.41, 5.74) is 1.23. The van der Waals surface area contributed by atoms with E-state index in [2.05, 4.69) is 10.6 Å². The highest BCUT2D eigenvalue weighted by molar-refractivity contribution is 7.80. The molecule has 0 saturated carbocycles. The van der Waals surface area contributed by atoms with E-state index in [0.29, 0.717) is 22.8 Å². The van der Waals surface area contributed by atoms with Crippen molar-refractivity contribution in [2.45, 2.75) is 6.42 Å². The number of hydrogen-bond acceptors (Lipinski definition) is 1. The molecule has 1 aromatic rings. The Morgan fingerprint density at radius 1 is 1.47 bits per heavy atom. The van der Waals surface area contributed by atoms with Crippen LogP contribution in [0.3, 0.4) is 0 Å². The largest absolute Gasteiger partial charge is 0.336 e. The summed E-state index contributed by atoms with van der Waals surface area (Å²) in [5, 5.41) is 7.33. The number of thiocarbonyl (C=S) groups is 1. The van der Waals surface area contributed by atoms with E-state index in [1.165, 1.54) is 6.07 Å². The molecule has 1 aliphatic rings. The maximum absolute atomic E-state index is 13.5. The number of benzene rings is 1. The first-order chi connectivity index (χ1) is 7.16. The van der Waals surface area contributed by atoms with Crippen LogP contribution < -0.4 is 10.6 Å². The Morgan fingerprint density at radius 3 is 2.93 bits per heavy atom. The molecule has 1 aromatic carbocycles. The first kappa shape index (κ1) is 10.4. The fourth-order valence-electron chi connectivity index (χ4n) is 1.31. The van der Waals surface area contributed by atoms with Crippen LogP contribution in [0.25, 0.3) is 0 Å². The predicted molar refractivity (Wildman–Crippen MR) is 61.1 cm³/mol. The topological polar surface area (TPSA) is 26.1 Å². The maximum Gasteiger partial charge on any atom is 0.197 e. The molecule has 15 heavy (non-hydrogen) atoms. The lowest BCUT2D eigenvalue weighted by molar-refractivity contribution is 0.613. The molecule has 0 spiro atoms. The average molecular weight is 242 g/mol. The summed E-state index contributed by atoms with van der Waals surface area (Å²) >= 11 is 10.5. The number of halogens is 2. The molecule has 1 radical (unpaired) electrons. The molecule has 5 heteroatoms. The lowest BCUT2D eigenvalue weighted by atomic mass is 10.1. The van der Waals surface area contributed by atoms with Crippen LogP contribution in [0, 0.1) is 5.82 Å². The minimum Gasteiger partial charge on any atom is -0.336 e. The van der Waals surface area contributed by atoms with Crippen LogP contribution >= 0.6 is 23.8 Å². The number of nitrogens with one attached hydrogen (secondary N) is 1. The third-order valence-electron chi connectivity index (χ3n) is 2.01. The van der Waals surface area contributed by atoms with Crippen molar-refractivity contribution in [3.63, 3.8) is 0 Å². The van der Waals surface area contributed by atoms with E-state index in [1.807, 2.05) is 0 Å². The molecule has 1 aliphatic heterocycles. The molecule has 0 fully saturated rings. The second-order valence-corrected chi connectivity index (χ2v) is 3.88. The van der Waals surface area contributed by atoms with E-state index >= 15 is 0 Å². The van der Waals surface area contributed by atoms with Gasteiger partial charge >= 0.3 is 0 Å². The molecule has 0 unspecified atom stereocenters. The van der Waals surface area contributed by atoms with Gasteiger partial charge in [-0.3, -0.25) is 0 Å². The Hall–Kier alpha value is -1.13. The molecule has 0 bridgehead atoms. The van der Waals surface area contributed by atoms with Gasteiger partial charge in [-0.05, 0) is 23.8 Å². The van der Waals surface area contributed by atoms with Gasteiger partial charge in [0.05, 0.1) is 10.7 Å². The van der Waals surface area contributed by atoms with Gasteiger partial charge in [0.15, 0.2) is 5.11 Å². The Balaban J connectivity index is 2.18. The van der Waals surface area contributed by atoms with Crippen LogP contribution in [-0.2, 0) is 6.42 Å². The van der Waals surface area contributed by atoms with Crippen LogP contribution in [0.4, 0.5) is 4.39 Å². The monoisotopic (exact) mass is 241 g/mol. The fourth-order valence-corrected chi connectivity index (χ4v) is 1.68. The van der Waals surface area contributed by atoms with Crippen LogP contribution in [0.5, 0.6) is 0 Å². The molecular weight excluding hydrogens is 235 g/mol. The second kappa shape index (κ2) is 4.16. The van der Waals surface area contributed by atoms with Gasteiger partial charge in [-0.2, -0.15) is 0 Å². The zero-order valence-electron chi connectivity index (χ0n) is 7.63. The van der Waals surface area contributed by atoms with Crippen molar-refractivity contribution in [3.05, 3.63) is 46.5 Å². The quantitative estimate of drug-likeness (QED) is 0.805. The SMILES string of the molecule is Fc1c(Cl)cccc1CC1=CNC(=S)[N]1. The van der Waals surface area contributed by atoms with Crippen LogP contribution in [0.2, 0.25) is 5.02 Å². The van der Waals surface area contributed by atoms with Crippen LogP contribution in [0.1, 0.15) is 5.56 Å². The van der Waals surface area contributed by atoms with Gasteiger partial charge in [0.2, 0.25) is 0 Å². The second-order valence-electron chi connectivity index (χ2n) is 3.09. The fraction of sp³-hybridized carbons (Fsp3) is 0.100. The minimum atomic E-state index is -0.395. The Kier molecular flexibility index (Phi) is 2.88. The number of nitrogens with zero attached hydrogens (tertiary/aromatic N) is 1. The van der Waals surface area contributed by atoms with Gasteiger partial charge < -0.3 is 5.32 Å². The molecule has 2 nitrogen and oxygen atoms in total. The highest BCUT2D eigenvalue weighted by Crippen LogP contribution is 2.20. The Labute approximate surface area is 97.1 Å². The third kappa shape index (κ3) is 2.27. The zero-order valence-corrected chi connectivity index (χ0v) is 9.20. The summed E-state index contributed by atoms with van der Waals surface area (Å²) in [5.74, 6) is -0.395. The summed E-state index contributed by atoms with van der Waals surface area (Å²) < 4.78 is 13.5. The van der Waals surface area contributed by atoms with E-state index in [-0.39, 0.29) is 5.02 Å². The highest BCUT2D eigenvalue weighted by Gasteiger charge is 2.13. The summed E-state index contributed by atoms with van der Waals surface area (Å²) in [7, 11) is 0.